The Morgan fingerprint density at radius 3 is 2.68 bits per heavy atom. The topological polar surface area (TPSA) is 57.1 Å². The molecule has 0 spiro atoms. The Bertz CT molecular complexity index is 457. The minimum absolute atomic E-state index is 0.0828. The van der Waals surface area contributed by atoms with Crippen LogP contribution in [0, 0.1) is 5.82 Å². The van der Waals surface area contributed by atoms with E-state index in [2.05, 4.69) is 4.99 Å². The zero-order chi connectivity index (χ0) is 13.8. The van der Waals surface area contributed by atoms with E-state index in [4.69, 9.17) is 9.94 Å². The summed E-state index contributed by atoms with van der Waals surface area (Å²) in [5, 5.41) is 8.40. The molecule has 1 aromatic carbocycles. The lowest BCUT2D eigenvalue weighted by Gasteiger charge is -2.37. The molecular formula is C13H18FN3O2. The van der Waals surface area contributed by atoms with E-state index >= 15 is 0 Å². The van der Waals surface area contributed by atoms with Crippen molar-refractivity contribution in [2.75, 3.05) is 18.0 Å². The molecule has 0 amide bonds. The van der Waals surface area contributed by atoms with Crippen LogP contribution in [0.5, 0.6) is 0 Å². The number of hydrogen-bond acceptors (Lipinski definition) is 4. The number of nitrogens with zero attached hydrogens (tertiary/aromatic N) is 2. The van der Waals surface area contributed by atoms with Crippen molar-refractivity contribution in [3.8, 4) is 0 Å². The van der Waals surface area contributed by atoms with Crippen LogP contribution in [0.15, 0.2) is 23.2 Å². The van der Waals surface area contributed by atoms with Gasteiger partial charge < -0.3 is 9.64 Å². The molecule has 2 unspecified atom stereocenters. The van der Waals surface area contributed by atoms with Crippen LogP contribution in [-0.4, -0.2) is 36.8 Å². The van der Waals surface area contributed by atoms with Crippen molar-refractivity contribution in [3.05, 3.63) is 24.0 Å². The molecule has 2 atom stereocenters. The minimum Gasteiger partial charge on any atom is -0.372 e. The summed E-state index contributed by atoms with van der Waals surface area (Å²) in [5.74, 6) is -0.325. The number of rotatable bonds is 3. The second-order valence-corrected chi connectivity index (χ2v) is 4.69. The number of halogens is 1. The van der Waals surface area contributed by atoms with E-state index in [1.807, 2.05) is 18.7 Å². The van der Waals surface area contributed by atoms with Gasteiger partial charge in [0.05, 0.1) is 23.6 Å². The van der Waals surface area contributed by atoms with Crippen molar-refractivity contribution in [1.82, 2.24) is 5.48 Å². The highest BCUT2D eigenvalue weighted by Crippen LogP contribution is 2.26. The Morgan fingerprint density at radius 2 is 2.11 bits per heavy atom. The van der Waals surface area contributed by atoms with Gasteiger partial charge in [-0.15, -0.1) is 0 Å². The third-order valence-electron chi connectivity index (χ3n) is 2.96. The Labute approximate surface area is 111 Å². The summed E-state index contributed by atoms with van der Waals surface area (Å²) in [5.41, 5.74) is 2.78. The van der Waals surface area contributed by atoms with Gasteiger partial charge in [0, 0.05) is 19.2 Å². The van der Waals surface area contributed by atoms with Gasteiger partial charge in [-0.3, -0.25) is 10.7 Å². The van der Waals surface area contributed by atoms with Gasteiger partial charge >= 0.3 is 0 Å². The molecule has 1 saturated heterocycles. The van der Waals surface area contributed by atoms with Crippen LogP contribution < -0.4 is 10.4 Å². The van der Waals surface area contributed by atoms with Gasteiger partial charge in [0.15, 0.2) is 0 Å². The maximum absolute atomic E-state index is 14.1. The maximum atomic E-state index is 14.1. The molecule has 1 aromatic rings. The van der Waals surface area contributed by atoms with Gasteiger partial charge in [-0.2, -0.15) is 0 Å². The van der Waals surface area contributed by atoms with Crippen molar-refractivity contribution >= 4 is 17.7 Å². The number of aliphatic imine (C=N–C) groups is 1. The van der Waals surface area contributed by atoms with E-state index < -0.39 is 0 Å². The zero-order valence-corrected chi connectivity index (χ0v) is 11.0. The molecule has 0 saturated carbocycles. The van der Waals surface area contributed by atoms with Crippen LogP contribution in [0.3, 0.4) is 0 Å². The molecule has 2 N–H and O–H groups in total. The molecular weight excluding hydrogens is 249 g/mol. The fourth-order valence-electron chi connectivity index (χ4n) is 2.31. The number of ether oxygens (including phenoxy) is 1. The Hall–Kier alpha value is -1.66. The number of morpholine rings is 1. The smallest absolute Gasteiger partial charge is 0.148 e. The second kappa shape index (κ2) is 5.99. The molecule has 0 bridgehead atoms. The maximum Gasteiger partial charge on any atom is 0.148 e. The van der Waals surface area contributed by atoms with Crippen molar-refractivity contribution in [2.24, 2.45) is 4.99 Å². The van der Waals surface area contributed by atoms with Crippen LogP contribution in [0.4, 0.5) is 15.8 Å². The fourth-order valence-corrected chi connectivity index (χ4v) is 2.31. The summed E-state index contributed by atoms with van der Waals surface area (Å²) in [6.07, 6.45) is 1.26. The first-order valence-corrected chi connectivity index (χ1v) is 6.22. The quantitative estimate of drug-likeness (QED) is 0.500. The number of hydroxylamine groups is 1. The predicted molar refractivity (Wildman–Crippen MR) is 71.7 cm³/mol. The highest BCUT2D eigenvalue weighted by molar-refractivity contribution is 5.62. The number of nitrogens with one attached hydrogen (secondary N) is 1. The van der Waals surface area contributed by atoms with E-state index in [1.165, 1.54) is 6.07 Å². The van der Waals surface area contributed by atoms with E-state index in [9.17, 15) is 4.39 Å². The summed E-state index contributed by atoms with van der Waals surface area (Å²) in [4.78, 5) is 5.81. The molecule has 1 fully saturated rings. The Morgan fingerprint density at radius 1 is 1.42 bits per heavy atom. The van der Waals surface area contributed by atoms with Crippen LogP contribution in [0.25, 0.3) is 0 Å². The highest BCUT2D eigenvalue weighted by Gasteiger charge is 2.24. The first-order valence-electron chi connectivity index (χ1n) is 6.22. The van der Waals surface area contributed by atoms with E-state index in [-0.39, 0.29) is 18.0 Å². The first kappa shape index (κ1) is 13.8. The minimum atomic E-state index is -0.325. The van der Waals surface area contributed by atoms with Crippen LogP contribution >= 0.6 is 0 Å². The molecule has 2 rings (SSSR count). The van der Waals surface area contributed by atoms with Gasteiger partial charge in [0.1, 0.15) is 12.2 Å². The van der Waals surface area contributed by atoms with Gasteiger partial charge in [-0.25, -0.2) is 9.38 Å². The molecule has 5 nitrogen and oxygen atoms in total. The Balaban J connectivity index is 2.18. The lowest BCUT2D eigenvalue weighted by atomic mass is 10.2. The summed E-state index contributed by atoms with van der Waals surface area (Å²) >= 11 is 0. The molecule has 0 aliphatic carbocycles. The number of anilines is 1. The monoisotopic (exact) mass is 267 g/mol. The normalized spacial score (nSPS) is 23.9. The molecule has 19 heavy (non-hydrogen) atoms. The van der Waals surface area contributed by atoms with Crippen molar-refractivity contribution in [1.29, 1.82) is 0 Å². The van der Waals surface area contributed by atoms with Crippen molar-refractivity contribution in [3.63, 3.8) is 0 Å². The standard InChI is InChI=1S/C13H18FN3O2/c1-9-6-17(7-10(2)19-9)13-4-3-11(5-12(13)14)15-8-16-18/h3-5,8-10,18H,6-7H2,1-2H3,(H,15,16). The molecule has 1 heterocycles. The SMILES string of the molecule is CC1CN(c2ccc(N=CNO)cc2F)CC(C)O1. The molecule has 104 valence electrons. The summed E-state index contributed by atoms with van der Waals surface area (Å²) in [6.45, 7) is 5.29. The average Bonchev–Trinajstić information content (AvgIpc) is 2.35. The van der Waals surface area contributed by atoms with Crippen LogP contribution in [0.2, 0.25) is 0 Å². The van der Waals surface area contributed by atoms with E-state index in [1.54, 1.807) is 17.6 Å². The van der Waals surface area contributed by atoms with Crippen molar-refractivity contribution in [2.45, 2.75) is 26.1 Å². The van der Waals surface area contributed by atoms with Gasteiger partial charge in [0.25, 0.3) is 0 Å². The summed E-state index contributed by atoms with van der Waals surface area (Å²) < 4.78 is 19.7. The highest BCUT2D eigenvalue weighted by atomic mass is 19.1. The first-order chi connectivity index (χ1) is 9.10. The van der Waals surface area contributed by atoms with E-state index in [0.717, 1.165) is 6.34 Å². The molecule has 0 radical (unpaired) electrons. The van der Waals surface area contributed by atoms with Crippen LogP contribution in [-0.2, 0) is 4.74 Å². The average molecular weight is 267 g/mol. The number of benzene rings is 1. The predicted octanol–water partition coefficient (Wildman–Crippen LogP) is 2.08. The second-order valence-electron chi connectivity index (χ2n) is 4.69. The molecule has 6 heteroatoms. The Kier molecular flexibility index (Phi) is 4.34. The summed E-state index contributed by atoms with van der Waals surface area (Å²) in [6, 6.07) is 4.75. The molecule has 0 aromatic heterocycles. The lowest BCUT2D eigenvalue weighted by molar-refractivity contribution is -0.00539. The largest absolute Gasteiger partial charge is 0.372 e. The van der Waals surface area contributed by atoms with E-state index in [0.29, 0.717) is 24.5 Å². The van der Waals surface area contributed by atoms with Gasteiger partial charge in [-0.1, -0.05) is 0 Å². The van der Waals surface area contributed by atoms with Gasteiger partial charge in [0.2, 0.25) is 0 Å². The fraction of sp³-hybridized carbons (Fsp3) is 0.462. The zero-order valence-electron chi connectivity index (χ0n) is 11.0. The van der Waals surface area contributed by atoms with Crippen molar-refractivity contribution < 1.29 is 14.3 Å². The molecule has 1 aliphatic heterocycles. The van der Waals surface area contributed by atoms with Crippen LogP contribution in [0.1, 0.15) is 13.8 Å². The third-order valence-corrected chi connectivity index (χ3v) is 2.96. The number of hydrogen-bond donors (Lipinski definition) is 2. The van der Waals surface area contributed by atoms with Gasteiger partial charge in [-0.05, 0) is 26.0 Å². The lowest BCUT2D eigenvalue weighted by Crippen LogP contribution is -2.45. The molecule has 1 aliphatic rings. The summed E-state index contributed by atoms with van der Waals surface area (Å²) in [7, 11) is 0. The third kappa shape index (κ3) is 3.42.